The summed E-state index contributed by atoms with van der Waals surface area (Å²) in [6.45, 7) is 0. The van der Waals surface area contributed by atoms with Gasteiger partial charge in [0.1, 0.15) is 11.5 Å². The number of nitrogens with zero attached hydrogens (tertiary/aromatic N) is 2. The van der Waals surface area contributed by atoms with E-state index in [1.807, 2.05) is 30.3 Å². The summed E-state index contributed by atoms with van der Waals surface area (Å²) in [6.07, 6.45) is 4.06. The molecule has 2 aromatic rings. The van der Waals surface area contributed by atoms with E-state index >= 15 is 0 Å². The van der Waals surface area contributed by atoms with Crippen molar-refractivity contribution in [2.75, 3.05) is 5.32 Å². The lowest BCUT2D eigenvalue weighted by molar-refractivity contribution is 0.985. The lowest BCUT2D eigenvalue weighted by Gasteiger charge is -2.10. The molecule has 0 radical (unpaired) electrons. The molecule has 1 heterocycles. The average molecular weight is 253 g/mol. The third-order valence-electron chi connectivity index (χ3n) is 3.08. The van der Waals surface area contributed by atoms with Crippen molar-refractivity contribution in [3.8, 4) is 0 Å². The highest BCUT2D eigenvalue weighted by molar-refractivity contribution is 5.98. The summed E-state index contributed by atoms with van der Waals surface area (Å²) < 4.78 is 0. The molecular weight excluding hydrogens is 238 g/mol. The molecule has 4 N–H and O–H groups in total. The van der Waals surface area contributed by atoms with Gasteiger partial charge >= 0.3 is 0 Å². The van der Waals surface area contributed by atoms with Crippen LogP contribution in [0.15, 0.2) is 36.5 Å². The standard InChI is InChI=1S/C14H15N5/c15-13(16)12-14(18-10-4-2-1-3-5-10)19-11(8-17-12)9-6-7-9/h1-5,8-9H,6-7H2,(H3,15,16)(H,18,19). The van der Waals surface area contributed by atoms with E-state index in [1.165, 1.54) is 12.8 Å². The van der Waals surface area contributed by atoms with Gasteiger partial charge in [-0.25, -0.2) is 9.97 Å². The molecule has 1 aliphatic rings. The van der Waals surface area contributed by atoms with E-state index < -0.39 is 0 Å². The van der Waals surface area contributed by atoms with Crippen molar-refractivity contribution in [1.29, 1.82) is 5.41 Å². The van der Waals surface area contributed by atoms with Crippen molar-refractivity contribution in [2.24, 2.45) is 5.73 Å². The van der Waals surface area contributed by atoms with E-state index in [-0.39, 0.29) is 5.84 Å². The molecule has 1 aromatic heterocycles. The normalized spacial score (nSPS) is 14.1. The van der Waals surface area contributed by atoms with Crippen molar-refractivity contribution in [3.05, 3.63) is 47.9 Å². The van der Waals surface area contributed by atoms with Crippen LogP contribution in [0.25, 0.3) is 0 Å². The van der Waals surface area contributed by atoms with Crippen LogP contribution in [-0.2, 0) is 0 Å². The van der Waals surface area contributed by atoms with Crippen LogP contribution >= 0.6 is 0 Å². The predicted octanol–water partition coefficient (Wildman–Crippen LogP) is 2.38. The highest BCUT2D eigenvalue weighted by atomic mass is 15.0. The van der Waals surface area contributed by atoms with Gasteiger partial charge in [-0.2, -0.15) is 0 Å². The molecule has 1 aromatic carbocycles. The number of hydrogen-bond acceptors (Lipinski definition) is 4. The number of anilines is 2. The number of hydrogen-bond donors (Lipinski definition) is 3. The number of nitrogens with one attached hydrogen (secondary N) is 2. The van der Waals surface area contributed by atoms with Crippen LogP contribution in [0.4, 0.5) is 11.5 Å². The summed E-state index contributed by atoms with van der Waals surface area (Å²) in [6, 6.07) is 9.70. The van der Waals surface area contributed by atoms with E-state index in [2.05, 4.69) is 15.3 Å². The van der Waals surface area contributed by atoms with Gasteiger partial charge in [0.25, 0.3) is 0 Å². The number of nitrogen functional groups attached to an aromatic ring is 1. The van der Waals surface area contributed by atoms with Crippen LogP contribution in [0, 0.1) is 5.41 Å². The SMILES string of the molecule is N=C(N)c1ncc(C2CC2)nc1Nc1ccccc1. The van der Waals surface area contributed by atoms with Crippen LogP contribution in [0.2, 0.25) is 0 Å². The largest absolute Gasteiger partial charge is 0.382 e. The number of rotatable bonds is 4. The van der Waals surface area contributed by atoms with Crippen molar-refractivity contribution >= 4 is 17.3 Å². The number of para-hydroxylation sites is 1. The van der Waals surface area contributed by atoms with Gasteiger partial charge in [0.05, 0.1) is 5.69 Å². The van der Waals surface area contributed by atoms with Crippen LogP contribution < -0.4 is 11.1 Å². The van der Waals surface area contributed by atoms with Crippen molar-refractivity contribution in [2.45, 2.75) is 18.8 Å². The molecule has 0 spiro atoms. The van der Waals surface area contributed by atoms with E-state index in [4.69, 9.17) is 11.1 Å². The fourth-order valence-electron chi connectivity index (χ4n) is 1.92. The summed E-state index contributed by atoms with van der Waals surface area (Å²) in [5.41, 5.74) is 7.83. The first-order valence-electron chi connectivity index (χ1n) is 6.27. The monoisotopic (exact) mass is 253 g/mol. The summed E-state index contributed by atoms with van der Waals surface area (Å²) in [7, 11) is 0. The average Bonchev–Trinajstić information content (AvgIpc) is 3.24. The van der Waals surface area contributed by atoms with Gasteiger partial charge in [-0.3, -0.25) is 5.41 Å². The molecule has 0 saturated heterocycles. The van der Waals surface area contributed by atoms with E-state index in [0.29, 0.717) is 17.4 Å². The zero-order chi connectivity index (χ0) is 13.2. The zero-order valence-corrected chi connectivity index (χ0v) is 10.4. The molecule has 0 unspecified atom stereocenters. The Balaban J connectivity index is 1.96. The first kappa shape index (κ1) is 11.6. The molecule has 1 fully saturated rings. The minimum Gasteiger partial charge on any atom is -0.382 e. The first-order valence-corrected chi connectivity index (χ1v) is 6.27. The minimum atomic E-state index is -0.0757. The van der Waals surface area contributed by atoms with Gasteiger partial charge in [0, 0.05) is 17.8 Å². The second-order valence-corrected chi connectivity index (χ2v) is 4.67. The smallest absolute Gasteiger partial charge is 0.160 e. The molecule has 0 aliphatic heterocycles. The maximum Gasteiger partial charge on any atom is 0.160 e. The highest BCUT2D eigenvalue weighted by Crippen LogP contribution is 2.39. The Morgan fingerprint density at radius 3 is 2.63 bits per heavy atom. The third-order valence-corrected chi connectivity index (χ3v) is 3.08. The van der Waals surface area contributed by atoms with E-state index in [1.54, 1.807) is 6.20 Å². The van der Waals surface area contributed by atoms with Crippen molar-refractivity contribution < 1.29 is 0 Å². The van der Waals surface area contributed by atoms with Gasteiger partial charge in [0.15, 0.2) is 5.82 Å². The Bertz CT molecular complexity index is 604. The Morgan fingerprint density at radius 1 is 1.26 bits per heavy atom. The number of benzene rings is 1. The molecule has 1 aliphatic carbocycles. The number of aromatic nitrogens is 2. The Morgan fingerprint density at radius 2 is 2.00 bits per heavy atom. The van der Waals surface area contributed by atoms with Crippen LogP contribution in [-0.4, -0.2) is 15.8 Å². The van der Waals surface area contributed by atoms with Crippen molar-refractivity contribution in [1.82, 2.24) is 9.97 Å². The highest BCUT2D eigenvalue weighted by Gasteiger charge is 2.26. The zero-order valence-electron chi connectivity index (χ0n) is 10.4. The molecule has 3 rings (SSSR count). The molecule has 96 valence electrons. The second kappa shape index (κ2) is 4.68. The predicted molar refractivity (Wildman–Crippen MR) is 74.7 cm³/mol. The van der Waals surface area contributed by atoms with Crippen molar-refractivity contribution in [3.63, 3.8) is 0 Å². The second-order valence-electron chi connectivity index (χ2n) is 4.67. The van der Waals surface area contributed by atoms with Gasteiger partial charge < -0.3 is 11.1 Å². The lowest BCUT2D eigenvalue weighted by Crippen LogP contribution is -2.17. The topological polar surface area (TPSA) is 87.7 Å². The Kier molecular flexibility index (Phi) is 2.87. The van der Waals surface area contributed by atoms with E-state index in [9.17, 15) is 0 Å². The molecule has 0 amide bonds. The molecular formula is C14H15N5. The lowest BCUT2D eigenvalue weighted by atomic mass is 10.2. The maximum absolute atomic E-state index is 7.57. The fourth-order valence-corrected chi connectivity index (χ4v) is 1.92. The van der Waals surface area contributed by atoms with Crippen LogP contribution in [0.1, 0.15) is 30.1 Å². The number of nitrogens with two attached hydrogens (primary N) is 1. The molecule has 0 atom stereocenters. The van der Waals surface area contributed by atoms with Crippen LogP contribution in [0.5, 0.6) is 0 Å². The fraction of sp³-hybridized carbons (Fsp3) is 0.214. The minimum absolute atomic E-state index is 0.0757. The van der Waals surface area contributed by atoms with Gasteiger partial charge in [-0.15, -0.1) is 0 Å². The summed E-state index contributed by atoms with van der Waals surface area (Å²) >= 11 is 0. The van der Waals surface area contributed by atoms with Crippen LogP contribution in [0.3, 0.4) is 0 Å². The summed E-state index contributed by atoms with van der Waals surface area (Å²) in [5.74, 6) is 1.00. The molecule has 1 saturated carbocycles. The molecule has 5 nitrogen and oxygen atoms in total. The maximum atomic E-state index is 7.57. The summed E-state index contributed by atoms with van der Waals surface area (Å²) in [4.78, 5) is 8.82. The summed E-state index contributed by atoms with van der Waals surface area (Å²) in [5, 5.41) is 10.8. The first-order chi connectivity index (χ1) is 9.24. The van der Waals surface area contributed by atoms with Gasteiger partial charge in [-0.05, 0) is 25.0 Å². The van der Waals surface area contributed by atoms with Gasteiger partial charge in [0.2, 0.25) is 0 Å². The molecule has 0 bridgehead atoms. The molecule has 5 heteroatoms. The quantitative estimate of drug-likeness (QED) is 0.576. The molecule has 19 heavy (non-hydrogen) atoms. The van der Waals surface area contributed by atoms with E-state index in [0.717, 1.165) is 11.4 Å². The van der Waals surface area contributed by atoms with Gasteiger partial charge in [-0.1, -0.05) is 18.2 Å². The number of amidine groups is 1. The Labute approximate surface area is 111 Å². The third kappa shape index (κ3) is 2.54. The Hall–Kier alpha value is -2.43.